The quantitative estimate of drug-likeness (QED) is 0.424. The second-order valence-corrected chi connectivity index (χ2v) is 4.78. The Hall–Kier alpha value is -1.95. The van der Waals surface area contributed by atoms with Gasteiger partial charge in [0.25, 0.3) is 0 Å². The van der Waals surface area contributed by atoms with Gasteiger partial charge in [0.05, 0.1) is 14.2 Å². The molecule has 0 bridgehead atoms. The van der Waals surface area contributed by atoms with Crippen molar-refractivity contribution in [2.75, 3.05) is 20.8 Å². The Morgan fingerprint density at radius 1 is 1.32 bits per heavy atom. The molecule has 1 rings (SSSR count). The predicted octanol–water partition coefficient (Wildman–Crippen LogP) is 1.15. The fraction of sp³-hybridized carbons (Fsp3) is 0.462. The number of methoxy groups -OCH3 is 2. The van der Waals surface area contributed by atoms with E-state index in [4.69, 9.17) is 15.3 Å². The standard InChI is InChI=1S/C13H21N3O3/c1-13(2,8-15-12(17)16-14)10-6-5-9(18-3)7-11(10)19-4/h5-7H,8,14H2,1-4H3,(H2,15,16,17). The van der Waals surface area contributed by atoms with Gasteiger partial charge in [-0.2, -0.15) is 0 Å². The average molecular weight is 267 g/mol. The number of carbonyl (C=O) groups is 1. The fourth-order valence-electron chi connectivity index (χ4n) is 1.81. The highest BCUT2D eigenvalue weighted by atomic mass is 16.5. The highest BCUT2D eigenvalue weighted by molar-refractivity contribution is 5.73. The van der Waals surface area contributed by atoms with E-state index in [-0.39, 0.29) is 5.41 Å². The highest BCUT2D eigenvalue weighted by Crippen LogP contribution is 2.33. The molecule has 0 aliphatic rings. The molecule has 106 valence electrons. The molecule has 0 atom stereocenters. The summed E-state index contributed by atoms with van der Waals surface area (Å²) in [6.45, 7) is 4.45. The van der Waals surface area contributed by atoms with Crippen LogP contribution in [-0.2, 0) is 5.41 Å². The molecule has 0 unspecified atom stereocenters. The van der Waals surface area contributed by atoms with Crippen LogP contribution < -0.4 is 26.1 Å². The molecule has 0 spiro atoms. The van der Waals surface area contributed by atoms with Crippen LogP contribution in [0.5, 0.6) is 11.5 Å². The molecule has 0 radical (unpaired) electrons. The maximum absolute atomic E-state index is 11.1. The van der Waals surface area contributed by atoms with Gasteiger partial charge >= 0.3 is 6.03 Å². The van der Waals surface area contributed by atoms with Gasteiger partial charge in [-0.1, -0.05) is 19.9 Å². The molecule has 0 aromatic heterocycles. The zero-order valence-electron chi connectivity index (χ0n) is 11.7. The van der Waals surface area contributed by atoms with Crippen molar-refractivity contribution >= 4 is 6.03 Å². The van der Waals surface area contributed by atoms with Crippen molar-refractivity contribution in [2.24, 2.45) is 5.84 Å². The van der Waals surface area contributed by atoms with Crippen LogP contribution in [0.4, 0.5) is 4.79 Å². The molecule has 0 saturated carbocycles. The molecule has 0 aliphatic heterocycles. The van der Waals surface area contributed by atoms with Gasteiger partial charge in [-0.05, 0) is 6.07 Å². The van der Waals surface area contributed by atoms with Gasteiger partial charge in [-0.25, -0.2) is 10.6 Å². The summed E-state index contributed by atoms with van der Waals surface area (Å²) in [6.07, 6.45) is 0. The number of ether oxygens (including phenoxy) is 2. The molecule has 1 aromatic rings. The molecule has 2 amide bonds. The number of nitrogens with two attached hydrogens (primary N) is 1. The Kier molecular flexibility index (Phi) is 5.00. The third kappa shape index (κ3) is 3.75. The number of benzene rings is 1. The molecule has 0 fully saturated rings. The molecular formula is C13H21N3O3. The van der Waals surface area contributed by atoms with Crippen LogP contribution >= 0.6 is 0 Å². The largest absolute Gasteiger partial charge is 0.497 e. The van der Waals surface area contributed by atoms with E-state index >= 15 is 0 Å². The van der Waals surface area contributed by atoms with Crippen LogP contribution in [-0.4, -0.2) is 26.8 Å². The topological polar surface area (TPSA) is 85.6 Å². The molecule has 0 aliphatic carbocycles. The van der Waals surface area contributed by atoms with Gasteiger partial charge in [0.1, 0.15) is 11.5 Å². The van der Waals surface area contributed by atoms with Crippen LogP contribution in [0.25, 0.3) is 0 Å². The van der Waals surface area contributed by atoms with Crippen LogP contribution in [0.1, 0.15) is 19.4 Å². The molecule has 6 nitrogen and oxygen atoms in total. The molecule has 0 heterocycles. The fourth-order valence-corrected chi connectivity index (χ4v) is 1.81. The van der Waals surface area contributed by atoms with Gasteiger partial charge < -0.3 is 14.8 Å². The summed E-state index contributed by atoms with van der Waals surface area (Å²) in [6, 6.07) is 5.20. The Bertz CT molecular complexity index is 447. The van der Waals surface area contributed by atoms with Crippen molar-refractivity contribution in [1.29, 1.82) is 0 Å². The highest BCUT2D eigenvalue weighted by Gasteiger charge is 2.25. The lowest BCUT2D eigenvalue weighted by Gasteiger charge is -2.27. The minimum absolute atomic E-state index is 0.301. The van der Waals surface area contributed by atoms with Gasteiger partial charge in [-0.15, -0.1) is 0 Å². The molecular weight excluding hydrogens is 246 g/mol. The molecule has 19 heavy (non-hydrogen) atoms. The number of hydrogen-bond acceptors (Lipinski definition) is 4. The Morgan fingerprint density at radius 2 is 2.00 bits per heavy atom. The normalized spacial score (nSPS) is 10.8. The van der Waals surface area contributed by atoms with E-state index in [0.717, 1.165) is 17.1 Å². The van der Waals surface area contributed by atoms with Crippen molar-refractivity contribution in [2.45, 2.75) is 19.3 Å². The Balaban J connectivity index is 2.96. The lowest BCUT2D eigenvalue weighted by atomic mass is 9.84. The van der Waals surface area contributed by atoms with Gasteiger partial charge in [0, 0.05) is 23.6 Å². The third-order valence-electron chi connectivity index (χ3n) is 2.96. The number of amides is 2. The van der Waals surface area contributed by atoms with Crippen LogP contribution in [0.15, 0.2) is 18.2 Å². The van der Waals surface area contributed by atoms with Crippen LogP contribution in [0, 0.1) is 0 Å². The smallest absolute Gasteiger partial charge is 0.328 e. The number of carbonyl (C=O) groups excluding carboxylic acids is 1. The first-order valence-corrected chi connectivity index (χ1v) is 5.91. The lowest BCUT2D eigenvalue weighted by molar-refractivity contribution is 0.238. The average Bonchev–Trinajstić information content (AvgIpc) is 2.43. The maximum Gasteiger partial charge on any atom is 0.328 e. The molecule has 6 heteroatoms. The van der Waals surface area contributed by atoms with E-state index in [1.807, 2.05) is 37.5 Å². The van der Waals surface area contributed by atoms with Crippen LogP contribution in [0.3, 0.4) is 0 Å². The summed E-state index contributed by atoms with van der Waals surface area (Å²) in [5, 5.41) is 2.69. The third-order valence-corrected chi connectivity index (χ3v) is 2.96. The van der Waals surface area contributed by atoms with Crippen LogP contribution in [0.2, 0.25) is 0 Å². The van der Waals surface area contributed by atoms with E-state index in [9.17, 15) is 4.79 Å². The van der Waals surface area contributed by atoms with Crippen molar-refractivity contribution in [3.05, 3.63) is 23.8 Å². The monoisotopic (exact) mass is 267 g/mol. The van der Waals surface area contributed by atoms with E-state index in [2.05, 4.69) is 5.32 Å². The SMILES string of the molecule is COc1ccc(C(C)(C)CNC(=O)NN)c(OC)c1. The number of hydrogen-bond donors (Lipinski definition) is 3. The van der Waals surface area contributed by atoms with Gasteiger partial charge in [0.2, 0.25) is 0 Å². The number of rotatable bonds is 5. The Labute approximate surface area is 113 Å². The van der Waals surface area contributed by atoms with E-state index in [1.54, 1.807) is 14.2 Å². The first-order chi connectivity index (χ1) is 8.94. The second kappa shape index (κ2) is 6.29. The summed E-state index contributed by atoms with van der Waals surface area (Å²) in [7, 11) is 3.21. The zero-order chi connectivity index (χ0) is 14.5. The maximum atomic E-state index is 11.1. The summed E-state index contributed by atoms with van der Waals surface area (Å²) in [5.41, 5.74) is 2.71. The predicted molar refractivity (Wildman–Crippen MR) is 73.3 cm³/mol. The summed E-state index contributed by atoms with van der Waals surface area (Å²) < 4.78 is 10.5. The molecule has 0 saturated heterocycles. The van der Waals surface area contributed by atoms with Crippen molar-refractivity contribution in [3.8, 4) is 11.5 Å². The van der Waals surface area contributed by atoms with E-state index < -0.39 is 6.03 Å². The molecule has 4 N–H and O–H groups in total. The van der Waals surface area contributed by atoms with E-state index in [0.29, 0.717) is 6.54 Å². The summed E-state index contributed by atoms with van der Waals surface area (Å²) in [5.74, 6) is 6.48. The number of nitrogens with one attached hydrogen (secondary N) is 2. The minimum Gasteiger partial charge on any atom is -0.497 e. The summed E-state index contributed by atoms with van der Waals surface area (Å²) in [4.78, 5) is 11.1. The van der Waals surface area contributed by atoms with Gasteiger partial charge in [-0.3, -0.25) is 5.43 Å². The number of urea groups is 1. The van der Waals surface area contributed by atoms with Crippen molar-refractivity contribution in [3.63, 3.8) is 0 Å². The summed E-state index contributed by atoms with van der Waals surface area (Å²) >= 11 is 0. The van der Waals surface area contributed by atoms with E-state index in [1.165, 1.54) is 0 Å². The Morgan fingerprint density at radius 3 is 2.53 bits per heavy atom. The lowest BCUT2D eigenvalue weighted by Crippen LogP contribution is -2.44. The first kappa shape index (κ1) is 15.1. The van der Waals surface area contributed by atoms with Crippen molar-refractivity contribution < 1.29 is 14.3 Å². The number of hydrazine groups is 1. The molecule has 1 aromatic carbocycles. The first-order valence-electron chi connectivity index (χ1n) is 5.91. The second-order valence-electron chi connectivity index (χ2n) is 4.78. The van der Waals surface area contributed by atoms with Crippen molar-refractivity contribution in [1.82, 2.24) is 10.7 Å². The zero-order valence-corrected chi connectivity index (χ0v) is 11.7. The minimum atomic E-state index is -0.416. The van der Waals surface area contributed by atoms with Gasteiger partial charge in [0.15, 0.2) is 0 Å².